The van der Waals surface area contributed by atoms with E-state index in [1.807, 2.05) is 0 Å². The quantitative estimate of drug-likeness (QED) is 0.841. The Bertz CT molecular complexity index is 533. The molecule has 18 heavy (non-hydrogen) atoms. The van der Waals surface area contributed by atoms with Crippen LogP contribution < -0.4 is 0 Å². The van der Waals surface area contributed by atoms with Crippen LogP contribution in [0.25, 0.3) is 0 Å². The van der Waals surface area contributed by atoms with Crippen LogP contribution in [0.4, 0.5) is 17.6 Å². The summed E-state index contributed by atoms with van der Waals surface area (Å²) < 4.78 is 57.3. The summed E-state index contributed by atoms with van der Waals surface area (Å²) in [6, 6.07) is 5.14. The summed E-state index contributed by atoms with van der Waals surface area (Å²) in [5.41, 5.74) is -4.86. The average molecular weight is 260 g/mol. The predicted octanol–water partition coefficient (Wildman–Crippen LogP) is 3.22. The summed E-state index contributed by atoms with van der Waals surface area (Å²) in [6.07, 6.45) is -3.36. The zero-order valence-electron chi connectivity index (χ0n) is 8.91. The van der Waals surface area contributed by atoms with Crippen LogP contribution in [0.2, 0.25) is 0 Å². The van der Waals surface area contributed by atoms with Crippen LogP contribution in [0.15, 0.2) is 47.3 Å². The Kier molecular flexibility index (Phi) is 2.90. The van der Waals surface area contributed by atoms with Crippen molar-refractivity contribution in [1.29, 1.82) is 0 Å². The van der Waals surface area contributed by atoms with E-state index in [1.54, 1.807) is 0 Å². The molecule has 0 amide bonds. The van der Waals surface area contributed by atoms with Gasteiger partial charge in [-0.05, 0) is 12.1 Å². The van der Waals surface area contributed by atoms with Gasteiger partial charge in [0.1, 0.15) is 5.82 Å². The zero-order chi connectivity index (χ0) is 13.4. The molecule has 0 saturated carbocycles. The molecule has 1 N–H and O–H groups in total. The topological polar surface area (TPSA) is 33.4 Å². The van der Waals surface area contributed by atoms with E-state index in [0.29, 0.717) is 0 Å². The number of halogens is 4. The predicted molar refractivity (Wildman–Crippen MR) is 54.2 cm³/mol. The second kappa shape index (κ2) is 4.13. The van der Waals surface area contributed by atoms with Gasteiger partial charge in [0.2, 0.25) is 5.60 Å². The van der Waals surface area contributed by atoms with Gasteiger partial charge in [0.25, 0.3) is 0 Å². The third kappa shape index (κ3) is 1.78. The Balaban J connectivity index is 2.69. The third-order valence-electron chi connectivity index (χ3n) is 2.61. The Hall–Kier alpha value is -1.82. The lowest BCUT2D eigenvalue weighted by atomic mass is 9.87. The van der Waals surface area contributed by atoms with E-state index in [4.69, 9.17) is 0 Å². The van der Waals surface area contributed by atoms with Crippen LogP contribution in [-0.2, 0) is 5.60 Å². The largest absolute Gasteiger partial charge is 0.472 e. The molecule has 2 aromatic rings. The summed E-state index contributed by atoms with van der Waals surface area (Å²) in [4.78, 5) is 0. The molecule has 0 spiro atoms. The van der Waals surface area contributed by atoms with Crippen molar-refractivity contribution in [1.82, 2.24) is 0 Å². The van der Waals surface area contributed by atoms with Crippen LogP contribution in [0.3, 0.4) is 0 Å². The molecule has 2 nitrogen and oxygen atoms in total. The number of rotatable bonds is 2. The van der Waals surface area contributed by atoms with Crippen molar-refractivity contribution in [2.45, 2.75) is 11.8 Å². The smallest absolute Gasteiger partial charge is 0.425 e. The van der Waals surface area contributed by atoms with Crippen LogP contribution in [0.1, 0.15) is 11.1 Å². The lowest BCUT2D eigenvalue weighted by Crippen LogP contribution is -2.43. The van der Waals surface area contributed by atoms with Crippen LogP contribution >= 0.6 is 0 Å². The van der Waals surface area contributed by atoms with E-state index in [1.165, 1.54) is 12.1 Å². The van der Waals surface area contributed by atoms with Gasteiger partial charge in [0, 0.05) is 11.1 Å². The summed E-state index contributed by atoms with van der Waals surface area (Å²) in [7, 11) is 0. The van der Waals surface area contributed by atoms with E-state index < -0.39 is 28.7 Å². The molecule has 0 aliphatic carbocycles. The highest BCUT2D eigenvalue weighted by molar-refractivity contribution is 5.37. The standard InChI is InChI=1S/C12H8F4O2/c13-10-4-2-1-3-9(10)11(17,12(14,15)16)8-5-6-18-7-8/h1-7,17H. The number of aliphatic hydroxyl groups is 1. The van der Waals surface area contributed by atoms with Gasteiger partial charge < -0.3 is 9.52 Å². The molecule has 1 heterocycles. The Morgan fingerprint density at radius 2 is 1.72 bits per heavy atom. The number of hydrogen-bond donors (Lipinski definition) is 1. The fourth-order valence-corrected chi connectivity index (χ4v) is 1.70. The molecule has 1 aromatic carbocycles. The van der Waals surface area contributed by atoms with Gasteiger partial charge in [-0.2, -0.15) is 13.2 Å². The highest BCUT2D eigenvalue weighted by atomic mass is 19.4. The lowest BCUT2D eigenvalue weighted by Gasteiger charge is -2.30. The van der Waals surface area contributed by atoms with Crippen molar-refractivity contribution in [3.63, 3.8) is 0 Å². The highest BCUT2D eigenvalue weighted by Crippen LogP contribution is 2.45. The van der Waals surface area contributed by atoms with E-state index in [0.717, 1.165) is 30.7 Å². The Labute approximate surface area is 99.5 Å². The fraction of sp³-hybridized carbons (Fsp3) is 0.167. The maximum Gasteiger partial charge on any atom is 0.425 e. The summed E-state index contributed by atoms with van der Waals surface area (Å²) in [5, 5.41) is 9.94. The summed E-state index contributed by atoms with van der Waals surface area (Å²) >= 11 is 0. The van der Waals surface area contributed by atoms with Crippen molar-refractivity contribution >= 4 is 0 Å². The van der Waals surface area contributed by atoms with E-state index >= 15 is 0 Å². The SMILES string of the molecule is OC(c1ccoc1)(c1ccccc1F)C(F)(F)F. The molecular weight excluding hydrogens is 252 g/mol. The minimum atomic E-state index is -5.07. The third-order valence-corrected chi connectivity index (χ3v) is 2.61. The van der Waals surface area contributed by atoms with E-state index in [9.17, 15) is 22.7 Å². The number of benzene rings is 1. The van der Waals surface area contributed by atoms with Crippen molar-refractivity contribution in [2.75, 3.05) is 0 Å². The van der Waals surface area contributed by atoms with Crippen LogP contribution in [0.5, 0.6) is 0 Å². The van der Waals surface area contributed by atoms with Gasteiger partial charge in [-0.1, -0.05) is 18.2 Å². The average Bonchev–Trinajstić information content (AvgIpc) is 2.80. The molecular formula is C12H8F4O2. The summed E-state index contributed by atoms with van der Waals surface area (Å²) in [6.45, 7) is 0. The highest BCUT2D eigenvalue weighted by Gasteiger charge is 2.58. The molecule has 1 unspecified atom stereocenters. The van der Waals surface area contributed by atoms with Crippen LogP contribution in [-0.4, -0.2) is 11.3 Å². The van der Waals surface area contributed by atoms with Gasteiger partial charge in [-0.15, -0.1) is 0 Å². The van der Waals surface area contributed by atoms with Gasteiger partial charge in [-0.25, -0.2) is 4.39 Å². The Morgan fingerprint density at radius 3 is 2.22 bits per heavy atom. The Morgan fingerprint density at radius 1 is 1.06 bits per heavy atom. The monoisotopic (exact) mass is 260 g/mol. The van der Waals surface area contributed by atoms with Gasteiger partial charge in [0.05, 0.1) is 12.5 Å². The molecule has 0 saturated heterocycles. The van der Waals surface area contributed by atoms with E-state index in [-0.39, 0.29) is 0 Å². The number of alkyl halides is 3. The van der Waals surface area contributed by atoms with Crippen molar-refractivity contribution in [3.05, 3.63) is 59.8 Å². The molecule has 0 radical (unpaired) electrons. The normalized spacial score (nSPS) is 15.4. The van der Waals surface area contributed by atoms with Gasteiger partial charge in [0.15, 0.2) is 0 Å². The second-order valence-electron chi connectivity index (χ2n) is 3.70. The van der Waals surface area contributed by atoms with Crippen molar-refractivity contribution in [2.24, 2.45) is 0 Å². The van der Waals surface area contributed by atoms with Crippen molar-refractivity contribution in [3.8, 4) is 0 Å². The first kappa shape index (κ1) is 12.6. The number of hydrogen-bond acceptors (Lipinski definition) is 2. The molecule has 0 aliphatic rings. The minimum Gasteiger partial charge on any atom is -0.472 e. The molecule has 2 rings (SSSR count). The van der Waals surface area contributed by atoms with Gasteiger partial charge in [-0.3, -0.25) is 0 Å². The minimum absolute atomic E-state index is 0.569. The molecule has 1 aromatic heterocycles. The maximum absolute atomic E-state index is 13.5. The number of furan rings is 1. The molecule has 0 aliphatic heterocycles. The first-order valence-corrected chi connectivity index (χ1v) is 4.94. The fourth-order valence-electron chi connectivity index (χ4n) is 1.70. The maximum atomic E-state index is 13.5. The van der Waals surface area contributed by atoms with E-state index in [2.05, 4.69) is 4.42 Å². The second-order valence-corrected chi connectivity index (χ2v) is 3.70. The molecule has 0 bridgehead atoms. The van der Waals surface area contributed by atoms with Crippen LogP contribution in [0, 0.1) is 5.82 Å². The zero-order valence-corrected chi connectivity index (χ0v) is 8.91. The summed E-state index contributed by atoms with van der Waals surface area (Å²) in [5.74, 6) is -1.14. The first-order chi connectivity index (χ1) is 8.37. The lowest BCUT2D eigenvalue weighted by molar-refractivity contribution is -0.249. The molecule has 1 atom stereocenters. The first-order valence-electron chi connectivity index (χ1n) is 4.94. The van der Waals surface area contributed by atoms with Crippen molar-refractivity contribution < 1.29 is 27.1 Å². The van der Waals surface area contributed by atoms with Gasteiger partial charge >= 0.3 is 6.18 Å². The molecule has 0 fully saturated rings. The molecule has 6 heteroatoms. The molecule has 96 valence electrons.